The molecule has 17 heavy (non-hydrogen) atoms. The molecule has 0 saturated heterocycles. The Bertz CT molecular complexity index is 318. The van der Waals surface area contributed by atoms with Gasteiger partial charge in [-0.3, -0.25) is 0 Å². The Morgan fingerprint density at radius 2 is 1.94 bits per heavy atom. The van der Waals surface area contributed by atoms with Gasteiger partial charge in [-0.1, -0.05) is 43.9 Å². The van der Waals surface area contributed by atoms with Crippen molar-refractivity contribution in [3.8, 4) is 0 Å². The lowest BCUT2D eigenvalue weighted by Gasteiger charge is -2.13. The smallest absolute Gasteiger partial charge is 0.121 e. The fraction of sp³-hybridized carbons (Fsp3) is 0.533. The largest absolute Gasteiger partial charge is 0.303 e. The molecule has 0 spiro atoms. The summed E-state index contributed by atoms with van der Waals surface area (Å²) < 4.78 is 0. The van der Waals surface area contributed by atoms with Gasteiger partial charge in [0.2, 0.25) is 0 Å². The number of hydrogen-bond donors (Lipinski definition) is 0. The zero-order valence-electron chi connectivity index (χ0n) is 10.8. The highest BCUT2D eigenvalue weighted by molar-refractivity contribution is 8.00. The van der Waals surface area contributed by atoms with Crippen molar-refractivity contribution in [2.45, 2.75) is 56.1 Å². The molecule has 2 heteroatoms. The normalized spacial score (nSPS) is 12.4. The number of carbonyl (C=O) groups excluding carboxylic acids is 1. The maximum Gasteiger partial charge on any atom is 0.121 e. The molecule has 0 aromatic heterocycles. The number of hydrogen-bond acceptors (Lipinski definition) is 2. The molecule has 0 fully saturated rings. The molecule has 1 aromatic rings. The second-order valence-corrected chi connectivity index (χ2v) is 5.82. The highest BCUT2D eigenvalue weighted by Crippen LogP contribution is 2.28. The number of aryl methyl sites for hydroxylation is 1. The molecule has 1 nitrogen and oxygen atoms in total. The number of carbonyl (C=O) groups is 1. The molecular formula is C15H22OS. The SMILES string of the molecule is CCCCCC(CC=O)Sc1ccc(C)cc1. The zero-order valence-corrected chi connectivity index (χ0v) is 11.6. The van der Waals surface area contributed by atoms with Crippen molar-refractivity contribution in [3.05, 3.63) is 29.8 Å². The lowest BCUT2D eigenvalue weighted by molar-refractivity contribution is -0.107. The number of rotatable bonds is 8. The third-order valence-electron chi connectivity index (χ3n) is 2.81. The fourth-order valence-electron chi connectivity index (χ4n) is 1.76. The van der Waals surface area contributed by atoms with Gasteiger partial charge in [0.25, 0.3) is 0 Å². The predicted octanol–water partition coefficient (Wildman–Crippen LogP) is 4.63. The van der Waals surface area contributed by atoms with Crippen LogP contribution in [0.4, 0.5) is 0 Å². The first kappa shape index (κ1) is 14.3. The molecule has 1 rings (SSSR count). The van der Waals surface area contributed by atoms with E-state index >= 15 is 0 Å². The Hall–Kier alpha value is -0.760. The zero-order chi connectivity index (χ0) is 12.5. The minimum atomic E-state index is 0.446. The third-order valence-corrected chi connectivity index (χ3v) is 4.12. The molecular weight excluding hydrogens is 228 g/mol. The van der Waals surface area contributed by atoms with E-state index in [-0.39, 0.29) is 0 Å². The van der Waals surface area contributed by atoms with E-state index < -0.39 is 0 Å². The van der Waals surface area contributed by atoms with E-state index in [1.54, 1.807) is 0 Å². The summed E-state index contributed by atoms with van der Waals surface area (Å²) in [6.45, 7) is 4.31. The van der Waals surface area contributed by atoms with Crippen molar-refractivity contribution in [3.63, 3.8) is 0 Å². The predicted molar refractivity (Wildman–Crippen MR) is 75.6 cm³/mol. The van der Waals surface area contributed by atoms with E-state index in [2.05, 4.69) is 38.1 Å². The summed E-state index contributed by atoms with van der Waals surface area (Å²) >= 11 is 1.84. The minimum absolute atomic E-state index is 0.446. The van der Waals surface area contributed by atoms with Gasteiger partial charge < -0.3 is 4.79 Å². The lowest BCUT2D eigenvalue weighted by atomic mass is 10.1. The molecule has 0 N–H and O–H groups in total. The third kappa shape index (κ3) is 5.92. The summed E-state index contributed by atoms with van der Waals surface area (Å²) in [4.78, 5) is 12.0. The Kier molecular flexibility index (Phi) is 7.02. The summed E-state index contributed by atoms with van der Waals surface area (Å²) in [6.07, 6.45) is 6.60. The number of benzene rings is 1. The molecule has 0 radical (unpaired) electrons. The highest BCUT2D eigenvalue weighted by Gasteiger charge is 2.09. The maximum atomic E-state index is 10.7. The molecule has 0 amide bonds. The van der Waals surface area contributed by atoms with Gasteiger partial charge >= 0.3 is 0 Å². The van der Waals surface area contributed by atoms with Crippen molar-refractivity contribution < 1.29 is 4.79 Å². The Labute approximate surface area is 109 Å². The van der Waals surface area contributed by atoms with Crippen LogP contribution < -0.4 is 0 Å². The van der Waals surface area contributed by atoms with Crippen molar-refractivity contribution in [2.75, 3.05) is 0 Å². The van der Waals surface area contributed by atoms with Gasteiger partial charge in [-0.15, -0.1) is 11.8 Å². The summed E-state index contributed by atoms with van der Waals surface area (Å²) in [7, 11) is 0. The average molecular weight is 250 g/mol. The van der Waals surface area contributed by atoms with E-state index in [1.165, 1.54) is 29.7 Å². The molecule has 94 valence electrons. The van der Waals surface area contributed by atoms with Gasteiger partial charge in [0.05, 0.1) is 0 Å². The summed E-state index contributed by atoms with van der Waals surface area (Å²) in [6, 6.07) is 8.56. The second-order valence-electron chi connectivity index (χ2n) is 4.45. The standard InChI is InChI=1S/C15H22OS/c1-3-4-5-6-14(11-12-16)17-15-9-7-13(2)8-10-15/h7-10,12,14H,3-6,11H2,1-2H3. The minimum Gasteiger partial charge on any atom is -0.303 e. The van der Waals surface area contributed by atoms with E-state index in [4.69, 9.17) is 0 Å². The van der Waals surface area contributed by atoms with Crippen LogP contribution in [0.15, 0.2) is 29.2 Å². The van der Waals surface area contributed by atoms with Gasteiger partial charge in [0, 0.05) is 16.6 Å². The van der Waals surface area contributed by atoms with Crippen LogP contribution in [0.2, 0.25) is 0 Å². The summed E-state index contributed by atoms with van der Waals surface area (Å²) in [5, 5.41) is 0.446. The molecule has 0 aliphatic rings. The van der Waals surface area contributed by atoms with Crippen molar-refractivity contribution >= 4 is 18.0 Å². The molecule has 0 bridgehead atoms. The lowest BCUT2D eigenvalue weighted by Crippen LogP contribution is -2.03. The fourth-order valence-corrected chi connectivity index (χ4v) is 2.90. The van der Waals surface area contributed by atoms with Gasteiger partial charge in [-0.05, 0) is 25.5 Å². The van der Waals surface area contributed by atoms with Crippen LogP contribution in [0, 0.1) is 6.92 Å². The van der Waals surface area contributed by atoms with Crippen LogP contribution in [0.5, 0.6) is 0 Å². The maximum absolute atomic E-state index is 10.7. The average Bonchev–Trinajstić information content (AvgIpc) is 2.32. The Balaban J connectivity index is 2.47. The van der Waals surface area contributed by atoms with Crippen LogP contribution in [-0.4, -0.2) is 11.5 Å². The molecule has 1 atom stereocenters. The van der Waals surface area contributed by atoms with Crippen molar-refractivity contribution in [2.24, 2.45) is 0 Å². The second kappa shape index (κ2) is 8.35. The molecule has 0 aliphatic heterocycles. The Morgan fingerprint density at radius 3 is 2.53 bits per heavy atom. The van der Waals surface area contributed by atoms with Crippen molar-refractivity contribution in [1.82, 2.24) is 0 Å². The number of thioether (sulfide) groups is 1. The highest BCUT2D eigenvalue weighted by atomic mass is 32.2. The molecule has 1 unspecified atom stereocenters. The van der Waals surface area contributed by atoms with Gasteiger partial charge in [-0.25, -0.2) is 0 Å². The van der Waals surface area contributed by atoms with E-state index in [9.17, 15) is 4.79 Å². The first-order chi connectivity index (χ1) is 8.26. The van der Waals surface area contributed by atoms with Crippen LogP contribution in [-0.2, 0) is 4.79 Å². The topological polar surface area (TPSA) is 17.1 Å². The van der Waals surface area contributed by atoms with Gasteiger partial charge in [0.1, 0.15) is 6.29 Å². The molecule has 0 aliphatic carbocycles. The van der Waals surface area contributed by atoms with E-state index in [0.29, 0.717) is 11.7 Å². The molecule has 0 saturated carbocycles. The summed E-state index contributed by atoms with van der Waals surface area (Å²) in [5.41, 5.74) is 1.28. The monoisotopic (exact) mass is 250 g/mol. The summed E-state index contributed by atoms with van der Waals surface area (Å²) in [5.74, 6) is 0. The van der Waals surface area contributed by atoms with Crippen LogP contribution in [0.1, 0.15) is 44.6 Å². The first-order valence-electron chi connectivity index (χ1n) is 6.43. The first-order valence-corrected chi connectivity index (χ1v) is 7.31. The Morgan fingerprint density at radius 1 is 1.24 bits per heavy atom. The van der Waals surface area contributed by atoms with E-state index in [0.717, 1.165) is 12.7 Å². The van der Waals surface area contributed by atoms with Crippen LogP contribution in [0.3, 0.4) is 0 Å². The van der Waals surface area contributed by atoms with Crippen LogP contribution in [0.25, 0.3) is 0 Å². The van der Waals surface area contributed by atoms with Gasteiger partial charge in [0.15, 0.2) is 0 Å². The molecule has 0 heterocycles. The van der Waals surface area contributed by atoms with E-state index in [1.807, 2.05) is 11.8 Å². The van der Waals surface area contributed by atoms with Crippen molar-refractivity contribution in [1.29, 1.82) is 0 Å². The van der Waals surface area contributed by atoms with Gasteiger partial charge in [-0.2, -0.15) is 0 Å². The quantitative estimate of drug-likeness (QED) is 0.380. The van der Waals surface area contributed by atoms with Crippen LogP contribution >= 0.6 is 11.8 Å². The number of unbranched alkanes of at least 4 members (excludes halogenated alkanes) is 2. The molecule has 1 aromatic carbocycles. The number of aldehydes is 1.